The van der Waals surface area contributed by atoms with E-state index in [1.54, 1.807) is 13.0 Å². The summed E-state index contributed by atoms with van der Waals surface area (Å²) in [6.45, 7) is 13.0. The molecular weight excluding hydrogens is 401 g/mol. The smallest absolute Gasteiger partial charge is 0.222 e. The van der Waals surface area contributed by atoms with Gasteiger partial charge in [-0.05, 0) is 63.5 Å². The summed E-state index contributed by atoms with van der Waals surface area (Å²) in [6.07, 6.45) is 3.18. The van der Waals surface area contributed by atoms with E-state index < -0.39 is 0 Å². The number of oxime groups is 1. The average molecular weight is 432 g/mol. The third-order valence-corrected chi connectivity index (χ3v) is 3.80. The fourth-order valence-corrected chi connectivity index (χ4v) is 2.37. The van der Waals surface area contributed by atoms with Gasteiger partial charge in [-0.25, -0.2) is 0 Å². The van der Waals surface area contributed by atoms with Gasteiger partial charge in [-0.2, -0.15) is 0 Å². The summed E-state index contributed by atoms with van der Waals surface area (Å²) in [7, 11) is 0. The fourth-order valence-electron chi connectivity index (χ4n) is 2.25. The largest absolute Gasteiger partial charge is 0.493 e. The van der Waals surface area contributed by atoms with Crippen molar-refractivity contribution in [3.05, 3.63) is 33.8 Å². The van der Waals surface area contributed by atoms with Crippen LogP contribution in [0.2, 0.25) is 0 Å². The molecule has 0 aliphatic carbocycles. The van der Waals surface area contributed by atoms with E-state index in [0.29, 0.717) is 25.7 Å². The molecule has 0 fully saturated rings. The molecule has 158 valence electrons. The van der Waals surface area contributed by atoms with E-state index in [2.05, 4.69) is 12.1 Å². The Labute approximate surface area is 178 Å². The summed E-state index contributed by atoms with van der Waals surface area (Å²) in [6, 6.07) is 3.93. The van der Waals surface area contributed by atoms with Crippen LogP contribution < -0.4 is 9.47 Å². The number of rotatable bonds is 10. The number of benzene rings is 1. The Morgan fingerprint density at radius 3 is 2.46 bits per heavy atom. The highest BCUT2D eigenvalue weighted by molar-refractivity contribution is 6.55. The predicted octanol–water partition coefficient (Wildman–Crippen LogP) is 6.19. The minimum absolute atomic E-state index is 0.194. The predicted molar refractivity (Wildman–Crippen MR) is 116 cm³/mol. The number of hydrogen-bond acceptors (Lipinski definition) is 5. The fraction of sp³-hybridized carbons (Fsp3) is 0.571. The van der Waals surface area contributed by atoms with Gasteiger partial charge in [-0.1, -0.05) is 35.3 Å². The van der Waals surface area contributed by atoms with Gasteiger partial charge >= 0.3 is 0 Å². The Hall–Kier alpha value is -1.59. The second-order valence-electron chi connectivity index (χ2n) is 7.25. The van der Waals surface area contributed by atoms with Crippen LogP contribution in [0.5, 0.6) is 11.5 Å². The van der Waals surface area contributed by atoms with Crippen molar-refractivity contribution in [2.75, 3.05) is 19.8 Å². The SMILES string of the molecule is CCc1cc(OCC=C(Cl)Cl)cc(C)c1OCCCOC(C)=NOC(C)(C)C. The first kappa shape index (κ1) is 24.4. The molecule has 0 bridgehead atoms. The van der Waals surface area contributed by atoms with Crippen molar-refractivity contribution in [3.8, 4) is 11.5 Å². The van der Waals surface area contributed by atoms with E-state index in [0.717, 1.165) is 35.5 Å². The van der Waals surface area contributed by atoms with Crippen LogP contribution in [0, 0.1) is 6.92 Å². The van der Waals surface area contributed by atoms with Crippen LogP contribution in [0.25, 0.3) is 0 Å². The molecule has 0 amide bonds. The van der Waals surface area contributed by atoms with Crippen molar-refractivity contribution in [2.45, 2.75) is 60.0 Å². The minimum Gasteiger partial charge on any atom is -0.493 e. The summed E-state index contributed by atoms with van der Waals surface area (Å²) in [5.74, 6) is 2.16. The molecule has 0 aliphatic heterocycles. The first-order chi connectivity index (χ1) is 13.1. The Kier molecular flexibility index (Phi) is 10.5. The molecule has 0 aromatic heterocycles. The molecule has 0 atom stereocenters. The van der Waals surface area contributed by atoms with Crippen LogP contribution in [-0.2, 0) is 16.0 Å². The van der Waals surface area contributed by atoms with Crippen molar-refractivity contribution in [1.82, 2.24) is 0 Å². The van der Waals surface area contributed by atoms with Crippen LogP contribution in [0.3, 0.4) is 0 Å². The highest BCUT2D eigenvalue weighted by atomic mass is 35.5. The first-order valence-electron chi connectivity index (χ1n) is 9.38. The molecule has 0 unspecified atom stereocenters. The van der Waals surface area contributed by atoms with Gasteiger partial charge < -0.3 is 19.0 Å². The van der Waals surface area contributed by atoms with Crippen LogP contribution in [0.4, 0.5) is 0 Å². The Morgan fingerprint density at radius 1 is 1.14 bits per heavy atom. The Bertz CT molecular complexity index is 678. The molecule has 1 aromatic rings. The third-order valence-electron chi connectivity index (χ3n) is 3.49. The number of hydrogen-bond donors (Lipinski definition) is 0. The molecule has 7 heteroatoms. The molecule has 0 saturated heterocycles. The molecule has 0 saturated carbocycles. The maximum atomic E-state index is 5.99. The molecule has 0 heterocycles. The highest BCUT2D eigenvalue weighted by Gasteiger charge is 2.11. The van der Waals surface area contributed by atoms with Crippen molar-refractivity contribution >= 4 is 29.1 Å². The molecule has 5 nitrogen and oxygen atoms in total. The normalized spacial score (nSPS) is 11.8. The highest BCUT2D eigenvalue weighted by Crippen LogP contribution is 2.30. The number of ether oxygens (including phenoxy) is 3. The molecule has 0 aliphatic rings. The van der Waals surface area contributed by atoms with Crippen LogP contribution in [0.1, 0.15) is 52.2 Å². The van der Waals surface area contributed by atoms with Gasteiger partial charge in [0, 0.05) is 13.3 Å². The summed E-state index contributed by atoms with van der Waals surface area (Å²) in [5, 5.41) is 3.96. The van der Waals surface area contributed by atoms with Crippen molar-refractivity contribution in [3.63, 3.8) is 0 Å². The van der Waals surface area contributed by atoms with Crippen molar-refractivity contribution < 1.29 is 19.0 Å². The third kappa shape index (κ3) is 10.1. The van der Waals surface area contributed by atoms with Gasteiger partial charge in [0.1, 0.15) is 28.2 Å². The van der Waals surface area contributed by atoms with Gasteiger partial charge in [0.15, 0.2) is 0 Å². The maximum Gasteiger partial charge on any atom is 0.222 e. The average Bonchev–Trinajstić information content (AvgIpc) is 2.59. The van der Waals surface area contributed by atoms with Crippen LogP contribution in [0.15, 0.2) is 27.9 Å². The molecule has 1 rings (SSSR count). The summed E-state index contributed by atoms with van der Waals surface area (Å²) in [4.78, 5) is 5.32. The molecular formula is C21H31Cl2NO4. The number of halogens is 2. The van der Waals surface area contributed by atoms with E-state index >= 15 is 0 Å². The zero-order valence-electron chi connectivity index (χ0n) is 17.6. The zero-order chi connectivity index (χ0) is 21.2. The molecule has 0 spiro atoms. The van der Waals surface area contributed by atoms with E-state index in [1.165, 1.54) is 0 Å². The second-order valence-corrected chi connectivity index (χ2v) is 8.26. The van der Waals surface area contributed by atoms with E-state index in [1.807, 2.05) is 39.8 Å². The van der Waals surface area contributed by atoms with Crippen LogP contribution in [-0.4, -0.2) is 31.3 Å². The number of nitrogens with zero attached hydrogens (tertiary/aromatic N) is 1. The Morgan fingerprint density at radius 2 is 1.86 bits per heavy atom. The number of aryl methyl sites for hydroxylation is 2. The quantitative estimate of drug-likeness (QED) is 0.191. The van der Waals surface area contributed by atoms with Gasteiger partial charge in [0.25, 0.3) is 0 Å². The summed E-state index contributed by atoms with van der Waals surface area (Å²) < 4.78 is 17.4. The lowest BCUT2D eigenvalue weighted by molar-refractivity contribution is -0.00404. The van der Waals surface area contributed by atoms with Gasteiger partial charge in [-0.3, -0.25) is 0 Å². The van der Waals surface area contributed by atoms with E-state index in [9.17, 15) is 0 Å². The molecule has 0 N–H and O–H groups in total. The maximum absolute atomic E-state index is 5.99. The minimum atomic E-state index is -0.329. The van der Waals surface area contributed by atoms with Crippen molar-refractivity contribution in [1.29, 1.82) is 0 Å². The van der Waals surface area contributed by atoms with E-state index in [4.69, 9.17) is 42.3 Å². The standard InChI is InChI=1S/C21H31Cl2NO4/c1-7-17-14-18(26-12-9-19(22)23)13-15(2)20(17)27-11-8-10-25-16(3)24-28-21(4,5)6/h9,13-14H,7-8,10-12H2,1-6H3. The first-order valence-corrected chi connectivity index (χ1v) is 10.1. The van der Waals surface area contributed by atoms with Crippen LogP contribution >= 0.6 is 23.2 Å². The van der Waals surface area contributed by atoms with Gasteiger partial charge in [0.05, 0.1) is 13.2 Å². The molecule has 1 aromatic carbocycles. The lowest BCUT2D eigenvalue weighted by Crippen LogP contribution is -2.17. The lowest BCUT2D eigenvalue weighted by Gasteiger charge is -2.17. The monoisotopic (exact) mass is 431 g/mol. The Balaban J connectivity index is 2.52. The summed E-state index contributed by atoms with van der Waals surface area (Å²) >= 11 is 11.2. The second kappa shape index (κ2) is 12.1. The van der Waals surface area contributed by atoms with E-state index in [-0.39, 0.29) is 10.1 Å². The van der Waals surface area contributed by atoms with Gasteiger partial charge in [-0.15, -0.1) is 0 Å². The summed E-state index contributed by atoms with van der Waals surface area (Å²) in [5.41, 5.74) is 1.78. The molecule has 0 radical (unpaired) electrons. The molecule has 28 heavy (non-hydrogen) atoms. The topological polar surface area (TPSA) is 49.3 Å². The van der Waals surface area contributed by atoms with Crippen molar-refractivity contribution in [2.24, 2.45) is 5.16 Å². The zero-order valence-corrected chi connectivity index (χ0v) is 19.1. The lowest BCUT2D eigenvalue weighted by atomic mass is 10.1. The van der Waals surface area contributed by atoms with Gasteiger partial charge in [0.2, 0.25) is 5.90 Å².